The minimum absolute atomic E-state index is 0.278. The maximum absolute atomic E-state index is 13.3. The monoisotopic (exact) mass is 478 g/mol. The van der Waals surface area contributed by atoms with Crippen LogP contribution in [0.2, 0.25) is 0 Å². The number of carbonyl (C=O) groups is 1. The molecule has 1 aliphatic rings. The molecule has 5 rings (SSSR count). The number of aryl methyl sites for hydroxylation is 1. The van der Waals surface area contributed by atoms with E-state index in [1.165, 1.54) is 28.4 Å². The summed E-state index contributed by atoms with van der Waals surface area (Å²) in [6.07, 6.45) is 2.35. The molecule has 0 aliphatic carbocycles. The van der Waals surface area contributed by atoms with E-state index in [1.54, 1.807) is 12.1 Å². The summed E-state index contributed by atoms with van der Waals surface area (Å²) in [5.74, 6) is 0.559. The van der Waals surface area contributed by atoms with Crippen molar-refractivity contribution in [1.29, 1.82) is 0 Å². The number of thiazole rings is 1. The molecule has 3 aromatic heterocycles. The Morgan fingerprint density at radius 1 is 1.18 bits per heavy atom. The number of fused-ring (bicyclic) bond motifs is 1. The summed E-state index contributed by atoms with van der Waals surface area (Å²) >= 11 is 1.50. The first-order valence-electron chi connectivity index (χ1n) is 11.0. The second kappa shape index (κ2) is 8.86. The van der Waals surface area contributed by atoms with Crippen molar-refractivity contribution in [1.82, 2.24) is 24.5 Å². The van der Waals surface area contributed by atoms with E-state index in [1.807, 2.05) is 40.1 Å². The molecule has 10 heteroatoms. The van der Waals surface area contributed by atoms with Gasteiger partial charge in [-0.1, -0.05) is 13.0 Å². The molecule has 1 aliphatic heterocycles. The van der Waals surface area contributed by atoms with Gasteiger partial charge in [0.1, 0.15) is 5.82 Å². The van der Waals surface area contributed by atoms with Gasteiger partial charge in [-0.3, -0.25) is 0 Å². The molecular weight excluding hydrogens is 455 g/mol. The normalized spacial score (nSPS) is 13.9. The van der Waals surface area contributed by atoms with Gasteiger partial charge in [-0.25, -0.2) is 19.2 Å². The molecule has 0 fully saturated rings. The molecule has 0 bridgehead atoms. The van der Waals surface area contributed by atoms with Crippen molar-refractivity contribution in [3.63, 3.8) is 0 Å². The van der Waals surface area contributed by atoms with Crippen LogP contribution in [-0.2, 0) is 6.42 Å². The molecule has 34 heavy (non-hydrogen) atoms. The number of carboxylic acid groups (broad SMARTS) is 1. The molecule has 0 saturated carbocycles. The number of nitrogens with zero attached hydrogens (tertiary/aromatic N) is 6. The zero-order valence-corrected chi connectivity index (χ0v) is 19.6. The standard InChI is InChI=1S/C24H23FN6O2S/c1-3-18-22(29(2)23-27-20(14-34-23)15-4-6-17(25)7-5-15)31-21(26-18)9-8-19(28-31)16-10-12-30(13-11-16)24(32)33/h4-10,14H,3,11-13H2,1-2H3,(H,32,33). The molecule has 8 nitrogen and oxygen atoms in total. The molecule has 1 N–H and O–H groups in total. The molecule has 0 radical (unpaired) electrons. The van der Waals surface area contributed by atoms with Crippen LogP contribution < -0.4 is 4.90 Å². The molecule has 4 heterocycles. The van der Waals surface area contributed by atoms with E-state index in [0.29, 0.717) is 19.5 Å². The summed E-state index contributed by atoms with van der Waals surface area (Å²) < 4.78 is 15.1. The summed E-state index contributed by atoms with van der Waals surface area (Å²) in [6, 6.07) is 10.2. The molecule has 0 saturated heterocycles. The number of anilines is 2. The topological polar surface area (TPSA) is 86.9 Å². The van der Waals surface area contributed by atoms with E-state index >= 15 is 0 Å². The van der Waals surface area contributed by atoms with Crippen molar-refractivity contribution >= 4 is 39.6 Å². The van der Waals surface area contributed by atoms with Crippen molar-refractivity contribution in [3.05, 3.63) is 65.1 Å². The van der Waals surface area contributed by atoms with Gasteiger partial charge >= 0.3 is 6.09 Å². The second-order valence-corrected chi connectivity index (χ2v) is 8.85. The van der Waals surface area contributed by atoms with Crippen molar-refractivity contribution < 1.29 is 14.3 Å². The third kappa shape index (κ3) is 4.01. The van der Waals surface area contributed by atoms with E-state index in [4.69, 9.17) is 15.1 Å². The zero-order valence-electron chi connectivity index (χ0n) is 18.8. The van der Waals surface area contributed by atoms with Crippen molar-refractivity contribution in [2.75, 3.05) is 25.0 Å². The van der Waals surface area contributed by atoms with Gasteiger partial charge < -0.3 is 14.9 Å². The fourth-order valence-electron chi connectivity index (χ4n) is 4.05. The van der Waals surface area contributed by atoms with Crippen LogP contribution in [0, 0.1) is 5.82 Å². The minimum atomic E-state index is -0.909. The fourth-order valence-corrected chi connectivity index (χ4v) is 4.85. The summed E-state index contributed by atoms with van der Waals surface area (Å²) in [6.45, 7) is 2.85. The van der Waals surface area contributed by atoms with Gasteiger partial charge in [0.2, 0.25) is 0 Å². The van der Waals surface area contributed by atoms with Crippen molar-refractivity contribution in [2.24, 2.45) is 0 Å². The Hall–Kier alpha value is -3.79. The van der Waals surface area contributed by atoms with E-state index in [0.717, 1.165) is 51.2 Å². The van der Waals surface area contributed by atoms with Crippen LogP contribution in [-0.4, -0.2) is 55.8 Å². The number of halogens is 1. The van der Waals surface area contributed by atoms with Gasteiger partial charge in [0.15, 0.2) is 16.6 Å². The average molecular weight is 479 g/mol. The Kier molecular flexibility index (Phi) is 5.74. The van der Waals surface area contributed by atoms with Crippen LogP contribution >= 0.6 is 11.3 Å². The lowest BCUT2D eigenvalue weighted by atomic mass is 10.1. The van der Waals surface area contributed by atoms with Crippen molar-refractivity contribution in [3.8, 4) is 11.3 Å². The van der Waals surface area contributed by atoms with E-state index in [2.05, 4.69) is 6.92 Å². The predicted molar refractivity (Wildman–Crippen MR) is 130 cm³/mol. The lowest BCUT2D eigenvalue weighted by molar-refractivity contribution is 0.150. The first-order chi connectivity index (χ1) is 16.4. The third-order valence-electron chi connectivity index (χ3n) is 5.90. The highest BCUT2D eigenvalue weighted by Crippen LogP contribution is 2.33. The fraction of sp³-hybridized carbons (Fsp3) is 0.250. The lowest BCUT2D eigenvalue weighted by Crippen LogP contribution is -2.33. The maximum atomic E-state index is 13.3. The largest absolute Gasteiger partial charge is 0.465 e. The zero-order chi connectivity index (χ0) is 23.8. The van der Waals surface area contributed by atoms with Crippen molar-refractivity contribution in [2.45, 2.75) is 19.8 Å². The predicted octanol–water partition coefficient (Wildman–Crippen LogP) is 5.09. The summed E-state index contributed by atoms with van der Waals surface area (Å²) in [5.41, 5.74) is 5.10. The van der Waals surface area contributed by atoms with Crippen LogP contribution in [0.1, 0.15) is 24.7 Å². The minimum Gasteiger partial charge on any atom is -0.465 e. The van der Waals surface area contributed by atoms with Crippen LogP contribution in [0.3, 0.4) is 0 Å². The van der Waals surface area contributed by atoms with Crippen LogP contribution in [0.15, 0.2) is 47.9 Å². The smallest absolute Gasteiger partial charge is 0.407 e. The number of aromatic nitrogens is 4. The van der Waals surface area contributed by atoms with E-state index in [9.17, 15) is 14.3 Å². The first-order valence-corrected chi connectivity index (χ1v) is 11.8. The Balaban J connectivity index is 1.51. The van der Waals surface area contributed by atoms with Gasteiger partial charge in [-0.15, -0.1) is 11.3 Å². The highest BCUT2D eigenvalue weighted by Gasteiger charge is 2.22. The maximum Gasteiger partial charge on any atom is 0.407 e. The molecule has 0 spiro atoms. The number of amides is 1. The van der Waals surface area contributed by atoms with E-state index < -0.39 is 6.09 Å². The SMILES string of the molecule is CCc1nc2ccc(C3=CCN(C(=O)O)CC3)nn2c1N(C)c1nc(-c2ccc(F)cc2)cs1. The molecule has 0 atom stereocenters. The number of imidazole rings is 1. The molecule has 1 aromatic carbocycles. The van der Waals surface area contributed by atoms with Gasteiger partial charge in [-0.05, 0) is 54.8 Å². The molecule has 174 valence electrons. The Bertz CT molecular complexity index is 1390. The van der Waals surface area contributed by atoms with Crippen LogP contribution in [0.4, 0.5) is 20.1 Å². The van der Waals surface area contributed by atoms with Gasteiger partial charge in [-0.2, -0.15) is 9.61 Å². The number of hydrogen-bond donors (Lipinski definition) is 1. The molecular formula is C24H23FN6O2S. The Morgan fingerprint density at radius 2 is 1.97 bits per heavy atom. The number of benzene rings is 1. The van der Waals surface area contributed by atoms with Gasteiger partial charge in [0.05, 0.1) is 17.1 Å². The number of hydrogen-bond acceptors (Lipinski definition) is 6. The molecule has 4 aromatic rings. The molecule has 0 unspecified atom stereocenters. The lowest BCUT2D eigenvalue weighted by Gasteiger charge is -2.23. The number of rotatable bonds is 5. The third-order valence-corrected chi connectivity index (χ3v) is 6.82. The summed E-state index contributed by atoms with van der Waals surface area (Å²) in [4.78, 5) is 24.1. The van der Waals surface area contributed by atoms with Gasteiger partial charge in [0.25, 0.3) is 0 Å². The summed E-state index contributed by atoms with van der Waals surface area (Å²) in [7, 11) is 1.94. The second-order valence-electron chi connectivity index (χ2n) is 8.01. The van der Waals surface area contributed by atoms with Crippen LogP contribution in [0.5, 0.6) is 0 Å². The van der Waals surface area contributed by atoms with Gasteiger partial charge in [0, 0.05) is 31.1 Å². The Morgan fingerprint density at radius 3 is 2.65 bits per heavy atom. The molecule has 1 amide bonds. The summed E-state index contributed by atoms with van der Waals surface area (Å²) in [5, 5.41) is 16.8. The highest BCUT2D eigenvalue weighted by molar-refractivity contribution is 7.14. The average Bonchev–Trinajstić information content (AvgIpc) is 3.49. The first kappa shape index (κ1) is 22.0. The highest BCUT2D eigenvalue weighted by atomic mass is 32.1. The quantitative estimate of drug-likeness (QED) is 0.430. The Labute approximate surface area is 199 Å². The van der Waals surface area contributed by atoms with E-state index in [-0.39, 0.29) is 5.82 Å². The van der Waals surface area contributed by atoms with Crippen LogP contribution in [0.25, 0.3) is 22.5 Å².